The van der Waals surface area contributed by atoms with Crippen molar-refractivity contribution in [3.63, 3.8) is 0 Å². The Kier molecular flexibility index (Phi) is 3.82. The molecule has 0 amide bonds. The average Bonchev–Trinajstić information content (AvgIpc) is 2.19. The van der Waals surface area contributed by atoms with Crippen molar-refractivity contribution in [3.05, 3.63) is 33.9 Å². The first-order chi connectivity index (χ1) is 7.54. The van der Waals surface area contributed by atoms with Crippen LogP contribution < -0.4 is 5.32 Å². The van der Waals surface area contributed by atoms with Crippen molar-refractivity contribution in [2.24, 2.45) is 0 Å². The van der Waals surface area contributed by atoms with Crippen molar-refractivity contribution < 1.29 is 14.8 Å². The van der Waals surface area contributed by atoms with Gasteiger partial charge in [0.1, 0.15) is 0 Å². The quantitative estimate of drug-likeness (QED) is 0.586. The maximum atomic E-state index is 10.6. The second-order valence-electron chi connectivity index (χ2n) is 3.20. The molecule has 0 aliphatic carbocycles. The van der Waals surface area contributed by atoms with E-state index in [0.29, 0.717) is 17.8 Å². The van der Waals surface area contributed by atoms with Gasteiger partial charge in [0.25, 0.3) is 5.69 Å². The number of hydrogen-bond donors (Lipinski definition) is 2. The molecule has 0 unspecified atom stereocenters. The molecule has 0 saturated heterocycles. The third-order valence-corrected chi connectivity index (χ3v) is 2.01. The number of carbonyl (C=O) groups is 1. The maximum absolute atomic E-state index is 10.6. The van der Waals surface area contributed by atoms with E-state index in [1.54, 1.807) is 0 Å². The molecular formula is C10H12N2O4. The van der Waals surface area contributed by atoms with Crippen molar-refractivity contribution in [2.45, 2.75) is 13.3 Å². The first-order valence-corrected chi connectivity index (χ1v) is 4.77. The fourth-order valence-corrected chi connectivity index (χ4v) is 1.37. The van der Waals surface area contributed by atoms with E-state index in [1.165, 1.54) is 18.2 Å². The molecule has 0 aliphatic rings. The Morgan fingerprint density at radius 3 is 2.75 bits per heavy atom. The number of nitrogens with zero attached hydrogens (tertiary/aromatic N) is 1. The highest BCUT2D eigenvalue weighted by Crippen LogP contribution is 2.22. The average molecular weight is 224 g/mol. The molecular weight excluding hydrogens is 212 g/mol. The fraction of sp³-hybridized carbons (Fsp3) is 0.300. The molecule has 0 fully saturated rings. The number of carboxylic acid groups (broad SMARTS) is 1. The molecule has 1 rings (SSSR count). The van der Waals surface area contributed by atoms with Crippen molar-refractivity contribution in [1.29, 1.82) is 0 Å². The van der Waals surface area contributed by atoms with Gasteiger partial charge in [0.2, 0.25) is 0 Å². The molecule has 86 valence electrons. The summed E-state index contributed by atoms with van der Waals surface area (Å²) in [6.45, 7) is 2.50. The minimum absolute atomic E-state index is 0.0992. The van der Waals surface area contributed by atoms with E-state index in [1.807, 2.05) is 6.92 Å². The number of aliphatic carboxylic acids is 1. The Bertz CT molecular complexity index is 417. The lowest BCUT2D eigenvalue weighted by molar-refractivity contribution is -0.384. The van der Waals surface area contributed by atoms with Gasteiger partial charge in [-0.15, -0.1) is 0 Å². The minimum atomic E-state index is -1.01. The van der Waals surface area contributed by atoms with Gasteiger partial charge < -0.3 is 10.4 Å². The Morgan fingerprint density at radius 2 is 2.25 bits per heavy atom. The number of nitro benzene ring substituents is 1. The number of nitrogens with one attached hydrogen (secondary N) is 1. The van der Waals surface area contributed by atoms with E-state index < -0.39 is 10.9 Å². The van der Waals surface area contributed by atoms with Crippen LogP contribution in [0.15, 0.2) is 18.2 Å². The van der Waals surface area contributed by atoms with Crippen LogP contribution in [-0.2, 0) is 11.2 Å². The Morgan fingerprint density at radius 1 is 1.56 bits per heavy atom. The largest absolute Gasteiger partial charge is 0.481 e. The van der Waals surface area contributed by atoms with E-state index in [0.717, 1.165) is 0 Å². The van der Waals surface area contributed by atoms with Crippen LogP contribution >= 0.6 is 0 Å². The topological polar surface area (TPSA) is 92.5 Å². The van der Waals surface area contributed by atoms with Gasteiger partial charge in [0.05, 0.1) is 11.3 Å². The minimum Gasteiger partial charge on any atom is -0.481 e. The molecule has 0 saturated carbocycles. The first kappa shape index (κ1) is 12.0. The van der Waals surface area contributed by atoms with Gasteiger partial charge in [-0.05, 0) is 18.6 Å². The first-order valence-electron chi connectivity index (χ1n) is 4.77. The van der Waals surface area contributed by atoms with Gasteiger partial charge in [0, 0.05) is 24.4 Å². The van der Waals surface area contributed by atoms with E-state index in [4.69, 9.17) is 5.11 Å². The predicted octanol–water partition coefficient (Wildman–Crippen LogP) is 1.65. The van der Waals surface area contributed by atoms with Gasteiger partial charge in [-0.1, -0.05) is 0 Å². The fourth-order valence-electron chi connectivity index (χ4n) is 1.37. The number of hydrogen-bond acceptors (Lipinski definition) is 4. The lowest BCUT2D eigenvalue weighted by Gasteiger charge is -2.08. The number of non-ortho nitro benzene ring substituents is 1. The molecule has 6 nitrogen and oxygen atoms in total. The second kappa shape index (κ2) is 5.11. The number of nitro groups is 1. The highest BCUT2D eigenvalue weighted by molar-refractivity contribution is 5.74. The third-order valence-electron chi connectivity index (χ3n) is 2.01. The summed E-state index contributed by atoms with van der Waals surface area (Å²) in [5, 5.41) is 22.2. The SMILES string of the molecule is CCNc1ccc([N+](=O)[O-])cc1CC(=O)O. The van der Waals surface area contributed by atoms with Crippen LogP contribution in [0.2, 0.25) is 0 Å². The summed E-state index contributed by atoms with van der Waals surface area (Å²) in [5.74, 6) is -1.01. The molecule has 0 aromatic heterocycles. The number of carboxylic acids is 1. The Labute approximate surface area is 92.0 Å². The maximum Gasteiger partial charge on any atom is 0.307 e. The summed E-state index contributed by atoms with van der Waals surface area (Å²) in [6, 6.07) is 4.16. The smallest absolute Gasteiger partial charge is 0.307 e. The Balaban J connectivity index is 3.09. The molecule has 2 N–H and O–H groups in total. The zero-order valence-electron chi connectivity index (χ0n) is 8.77. The van der Waals surface area contributed by atoms with Crippen LogP contribution in [0, 0.1) is 10.1 Å². The van der Waals surface area contributed by atoms with Crippen LogP contribution in [0.4, 0.5) is 11.4 Å². The van der Waals surface area contributed by atoms with Crippen LogP contribution in [0.1, 0.15) is 12.5 Å². The summed E-state index contributed by atoms with van der Waals surface area (Å²) in [6.07, 6.45) is -0.232. The molecule has 1 aromatic rings. The van der Waals surface area contributed by atoms with Crippen LogP contribution in [0.25, 0.3) is 0 Å². The van der Waals surface area contributed by atoms with Gasteiger partial charge in [-0.25, -0.2) is 0 Å². The van der Waals surface area contributed by atoms with Crippen LogP contribution in [0.5, 0.6) is 0 Å². The van der Waals surface area contributed by atoms with E-state index in [2.05, 4.69) is 5.32 Å². The molecule has 6 heteroatoms. The molecule has 1 aromatic carbocycles. The normalized spacial score (nSPS) is 9.81. The highest BCUT2D eigenvalue weighted by Gasteiger charge is 2.12. The van der Waals surface area contributed by atoms with Gasteiger partial charge in [-0.3, -0.25) is 14.9 Å². The lowest BCUT2D eigenvalue weighted by Crippen LogP contribution is -2.06. The number of benzene rings is 1. The molecule has 0 aliphatic heterocycles. The molecule has 0 spiro atoms. The molecule has 0 radical (unpaired) electrons. The molecule has 0 heterocycles. The molecule has 16 heavy (non-hydrogen) atoms. The van der Waals surface area contributed by atoms with Crippen molar-refractivity contribution in [2.75, 3.05) is 11.9 Å². The van der Waals surface area contributed by atoms with Crippen LogP contribution in [-0.4, -0.2) is 22.5 Å². The number of rotatable bonds is 5. The lowest BCUT2D eigenvalue weighted by atomic mass is 10.1. The predicted molar refractivity (Wildman–Crippen MR) is 58.6 cm³/mol. The monoisotopic (exact) mass is 224 g/mol. The summed E-state index contributed by atoms with van der Waals surface area (Å²) >= 11 is 0. The summed E-state index contributed by atoms with van der Waals surface area (Å²) in [5.41, 5.74) is 0.942. The van der Waals surface area contributed by atoms with Gasteiger partial charge in [0.15, 0.2) is 0 Å². The second-order valence-corrected chi connectivity index (χ2v) is 3.20. The zero-order chi connectivity index (χ0) is 12.1. The summed E-state index contributed by atoms with van der Waals surface area (Å²) < 4.78 is 0. The Hall–Kier alpha value is -2.11. The number of anilines is 1. The zero-order valence-corrected chi connectivity index (χ0v) is 8.77. The standard InChI is InChI=1S/C10H12N2O4/c1-2-11-9-4-3-8(12(15)16)5-7(9)6-10(13)14/h3-5,11H,2,6H2,1H3,(H,13,14). The third kappa shape index (κ3) is 2.94. The highest BCUT2D eigenvalue weighted by atomic mass is 16.6. The van der Waals surface area contributed by atoms with E-state index >= 15 is 0 Å². The van der Waals surface area contributed by atoms with Crippen molar-refractivity contribution in [3.8, 4) is 0 Å². The van der Waals surface area contributed by atoms with Gasteiger partial charge in [-0.2, -0.15) is 0 Å². The summed E-state index contributed by atoms with van der Waals surface area (Å²) in [4.78, 5) is 20.6. The molecule has 0 bridgehead atoms. The van der Waals surface area contributed by atoms with Crippen LogP contribution in [0.3, 0.4) is 0 Å². The summed E-state index contributed by atoms with van der Waals surface area (Å²) in [7, 11) is 0. The van der Waals surface area contributed by atoms with E-state index in [9.17, 15) is 14.9 Å². The van der Waals surface area contributed by atoms with Crippen molar-refractivity contribution >= 4 is 17.3 Å². The molecule has 0 atom stereocenters. The van der Waals surface area contributed by atoms with Gasteiger partial charge >= 0.3 is 5.97 Å². The van der Waals surface area contributed by atoms with Crippen molar-refractivity contribution in [1.82, 2.24) is 0 Å². The van der Waals surface area contributed by atoms with E-state index in [-0.39, 0.29) is 12.1 Å².